The van der Waals surface area contributed by atoms with Crippen molar-refractivity contribution >= 4 is 0 Å². The lowest BCUT2D eigenvalue weighted by atomic mass is 10.0. The van der Waals surface area contributed by atoms with Crippen LogP contribution in [0.1, 0.15) is 44.2 Å². The van der Waals surface area contributed by atoms with E-state index in [1.807, 2.05) is 0 Å². The fourth-order valence-corrected chi connectivity index (χ4v) is 2.83. The molecular formula is C17H24FN3. The predicted molar refractivity (Wildman–Crippen MR) is 82.3 cm³/mol. The molecule has 0 aliphatic carbocycles. The zero-order valence-electron chi connectivity index (χ0n) is 12.9. The smallest absolute Gasteiger partial charge is 0.124 e. The van der Waals surface area contributed by atoms with E-state index in [9.17, 15) is 4.39 Å². The summed E-state index contributed by atoms with van der Waals surface area (Å²) in [4.78, 5) is 2.36. The van der Waals surface area contributed by atoms with Gasteiger partial charge in [-0.15, -0.1) is 0 Å². The molecule has 0 amide bonds. The molecule has 2 rings (SSSR count). The number of nitrogens with one attached hydrogen (secondary N) is 1. The lowest BCUT2D eigenvalue weighted by Crippen LogP contribution is -2.45. The Hall–Kier alpha value is -1.44. The fraction of sp³-hybridized carbons (Fsp3) is 0.588. The predicted octanol–water partition coefficient (Wildman–Crippen LogP) is 3.05. The van der Waals surface area contributed by atoms with Crippen LogP contribution in [0.3, 0.4) is 0 Å². The molecule has 1 fully saturated rings. The number of nitrogens with zero attached hydrogens (tertiary/aromatic N) is 2. The standard InChI is InChI=1S/C17H24FN3/c1-13(2)21(12-17-5-3-4-8-20-17)11-14-6-7-16(18)9-15(14)10-19/h6-7,9,13,17,20H,3-5,8,11-12H2,1-2H3. The van der Waals surface area contributed by atoms with Crippen molar-refractivity contribution in [3.05, 3.63) is 35.1 Å². The molecule has 21 heavy (non-hydrogen) atoms. The first-order chi connectivity index (χ1) is 10.1. The molecule has 1 aromatic rings. The van der Waals surface area contributed by atoms with Gasteiger partial charge in [0.25, 0.3) is 0 Å². The lowest BCUT2D eigenvalue weighted by Gasteiger charge is -2.33. The van der Waals surface area contributed by atoms with Crippen LogP contribution in [0.15, 0.2) is 18.2 Å². The summed E-state index contributed by atoms with van der Waals surface area (Å²) in [6, 6.07) is 7.51. The average molecular weight is 289 g/mol. The van der Waals surface area contributed by atoms with Crippen LogP contribution >= 0.6 is 0 Å². The third-order valence-corrected chi connectivity index (χ3v) is 4.16. The third kappa shape index (κ3) is 4.52. The lowest BCUT2D eigenvalue weighted by molar-refractivity contribution is 0.177. The van der Waals surface area contributed by atoms with Gasteiger partial charge >= 0.3 is 0 Å². The second-order valence-electron chi connectivity index (χ2n) is 6.08. The van der Waals surface area contributed by atoms with E-state index < -0.39 is 0 Å². The molecule has 1 heterocycles. The molecule has 1 aliphatic rings. The van der Waals surface area contributed by atoms with E-state index in [4.69, 9.17) is 5.26 Å². The van der Waals surface area contributed by atoms with E-state index in [1.54, 1.807) is 6.07 Å². The Balaban J connectivity index is 2.07. The minimum atomic E-state index is -0.347. The van der Waals surface area contributed by atoms with E-state index in [-0.39, 0.29) is 5.82 Å². The molecule has 0 bridgehead atoms. The monoisotopic (exact) mass is 289 g/mol. The van der Waals surface area contributed by atoms with Gasteiger partial charge in [0, 0.05) is 25.2 Å². The molecule has 0 saturated carbocycles. The molecule has 1 aliphatic heterocycles. The molecule has 0 aromatic heterocycles. The van der Waals surface area contributed by atoms with Gasteiger partial charge in [-0.1, -0.05) is 12.5 Å². The highest BCUT2D eigenvalue weighted by Gasteiger charge is 2.19. The summed E-state index contributed by atoms with van der Waals surface area (Å²) in [6.07, 6.45) is 3.75. The van der Waals surface area contributed by atoms with Crippen molar-refractivity contribution in [2.75, 3.05) is 13.1 Å². The van der Waals surface area contributed by atoms with Gasteiger partial charge < -0.3 is 5.32 Å². The van der Waals surface area contributed by atoms with Crippen molar-refractivity contribution in [2.45, 2.75) is 51.7 Å². The molecule has 1 N–H and O–H groups in total. The number of piperidine rings is 1. The second-order valence-corrected chi connectivity index (χ2v) is 6.08. The molecule has 0 radical (unpaired) electrons. The largest absolute Gasteiger partial charge is 0.313 e. The van der Waals surface area contributed by atoms with E-state index in [2.05, 4.69) is 30.1 Å². The zero-order valence-corrected chi connectivity index (χ0v) is 12.9. The van der Waals surface area contributed by atoms with Gasteiger partial charge in [0.15, 0.2) is 0 Å². The maximum absolute atomic E-state index is 13.2. The number of halogens is 1. The summed E-state index contributed by atoms with van der Waals surface area (Å²) in [5.74, 6) is -0.347. The highest BCUT2D eigenvalue weighted by molar-refractivity contribution is 5.37. The summed E-state index contributed by atoms with van der Waals surface area (Å²) in [6.45, 7) is 7.09. The van der Waals surface area contributed by atoms with Crippen LogP contribution < -0.4 is 5.32 Å². The Bertz CT molecular complexity index is 501. The van der Waals surface area contributed by atoms with Crippen LogP contribution in [0.4, 0.5) is 4.39 Å². The van der Waals surface area contributed by atoms with E-state index >= 15 is 0 Å². The first kappa shape index (κ1) is 15.9. The van der Waals surface area contributed by atoms with E-state index in [0.717, 1.165) is 18.7 Å². The average Bonchev–Trinajstić information content (AvgIpc) is 2.49. The third-order valence-electron chi connectivity index (χ3n) is 4.16. The fourth-order valence-electron chi connectivity index (χ4n) is 2.83. The maximum atomic E-state index is 13.2. The normalized spacial score (nSPS) is 19.0. The summed E-state index contributed by atoms with van der Waals surface area (Å²) in [7, 11) is 0. The van der Waals surface area contributed by atoms with Crippen LogP contribution in [-0.4, -0.2) is 30.1 Å². The van der Waals surface area contributed by atoms with Crippen molar-refractivity contribution in [2.24, 2.45) is 0 Å². The molecule has 3 nitrogen and oxygen atoms in total. The zero-order chi connectivity index (χ0) is 15.2. The molecule has 4 heteroatoms. The Morgan fingerprint density at radius 2 is 2.24 bits per heavy atom. The summed E-state index contributed by atoms with van der Waals surface area (Å²) < 4.78 is 13.2. The molecule has 1 atom stereocenters. The number of rotatable bonds is 5. The quantitative estimate of drug-likeness (QED) is 0.905. The molecule has 0 spiro atoms. The number of benzene rings is 1. The molecule has 114 valence electrons. The highest BCUT2D eigenvalue weighted by Crippen LogP contribution is 2.17. The summed E-state index contributed by atoms with van der Waals surface area (Å²) >= 11 is 0. The van der Waals surface area contributed by atoms with Gasteiger partial charge in [0.05, 0.1) is 11.6 Å². The van der Waals surface area contributed by atoms with Gasteiger partial charge in [-0.3, -0.25) is 4.90 Å². The van der Waals surface area contributed by atoms with Crippen LogP contribution in [0.2, 0.25) is 0 Å². The van der Waals surface area contributed by atoms with Crippen LogP contribution in [0.25, 0.3) is 0 Å². The van der Waals surface area contributed by atoms with E-state index in [0.29, 0.717) is 24.2 Å². The van der Waals surface area contributed by atoms with Crippen molar-refractivity contribution in [3.8, 4) is 6.07 Å². The van der Waals surface area contributed by atoms with Gasteiger partial charge in [-0.2, -0.15) is 5.26 Å². The van der Waals surface area contributed by atoms with Gasteiger partial charge in [-0.25, -0.2) is 4.39 Å². The Morgan fingerprint density at radius 1 is 1.43 bits per heavy atom. The Morgan fingerprint density at radius 3 is 2.86 bits per heavy atom. The Kier molecular flexibility index (Phi) is 5.72. The second kappa shape index (κ2) is 7.53. The maximum Gasteiger partial charge on any atom is 0.124 e. The Labute approximate surface area is 126 Å². The van der Waals surface area contributed by atoms with Crippen LogP contribution in [0, 0.1) is 17.1 Å². The molecular weight excluding hydrogens is 265 g/mol. The highest BCUT2D eigenvalue weighted by atomic mass is 19.1. The van der Waals surface area contributed by atoms with Crippen molar-refractivity contribution in [1.29, 1.82) is 5.26 Å². The van der Waals surface area contributed by atoms with E-state index in [1.165, 1.54) is 31.4 Å². The molecule has 1 saturated heterocycles. The van der Waals surface area contributed by atoms with Crippen molar-refractivity contribution in [3.63, 3.8) is 0 Å². The first-order valence-corrected chi connectivity index (χ1v) is 7.76. The summed E-state index contributed by atoms with van der Waals surface area (Å²) in [5.41, 5.74) is 1.35. The van der Waals surface area contributed by atoms with Gasteiger partial charge in [0.2, 0.25) is 0 Å². The van der Waals surface area contributed by atoms with Gasteiger partial charge in [-0.05, 0) is 50.9 Å². The number of nitriles is 1. The van der Waals surface area contributed by atoms with Crippen LogP contribution in [-0.2, 0) is 6.54 Å². The SMILES string of the molecule is CC(C)N(Cc1ccc(F)cc1C#N)CC1CCCCN1. The van der Waals surface area contributed by atoms with Crippen LogP contribution in [0.5, 0.6) is 0 Å². The van der Waals surface area contributed by atoms with Gasteiger partial charge in [0.1, 0.15) is 5.82 Å². The van der Waals surface area contributed by atoms with Crippen molar-refractivity contribution in [1.82, 2.24) is 10.2 Å². The number of hydrogen-bond donors (Lipinski definition) is 1. The minimum Gasteiger partial charge on any atom is -0.313 e. The topological polar surface area (TPSA) is 39.1 Å². The number of hydrogen-bond acceptors (Lipinski definition) is 3. The molecule has 1 unspecified atom stereocenters. The first-order valence-electron chi connectivity index (χ1n) is 7.76. The molecule has 1 aromatic carbocycles. The minimum absolute atomic E-state index is 0.347. The van der Waals surface area contributed by atoms with Crippen molar-refractivity contribution < 1.29 is 4.39 Å². The summed E-state index contributed by atoms with van der Waals surface area (Å²) in [5, 5.41) is 12.7.